The normalized spacial score (nSPS) is 15.1. The Bertz CT molecular complexity index is 438. The van der Waals surface area contributed by atoms with E-state index in [4.69, 9.17) is 10.5 Å². The third-order valence-corrected chi connectivity index (χ3v) is 4.08. The van der Waals surface area contributed by atoms with E-state index < -0.39 is 35.6 Å². The monoisotopic (exact) mass is 361 g/mol. The molecule has 3 amide bonds. The van der Waals surface area contributed by atoms with Crippen LogP contribution in [0.2, 0.25) is 0 Å². The third-order valence-electron chi connectivity index (χ3n) is 3.44. The van der Waals surface area contributed by atoms with Gasteiger partial charge in [0.1, 0.15) is 17.7 Å². The quantitative estimate of drug-likeness (QED) is 0.578. The molecule has 0 bridgehead atoms. The summed E-state index contributed by atoms with van der Waals surface area (Å²) in [6.07, 6.45) is 2.37. The Labute approximate surface area is 148 Å². The van der Waals surface area contributed by atoms with Crippen molar-refractivity contribution in [3.63, 3.8) is 0 Å². The van der Waals surface area contributed by atoms with Crippen LogP contribution in [0.1, 0.15) is 47.5 Å². The number of amides is 3. The van der Waals surface area contributed by atoms with Crippen molar-refractivity contribution in [2.75, 3.05) is 12.0 Å². The molecule has 7 nitrogen and oxygen atoms in total. The molecule has 0 aromatic heterocycles. The number of primary amides is 1. The minimum Gasteiger partial charge on any atom is -0.444 e. The highest BCUT2D eigenvalue weighted by molar-refractivity contribution is 7.98. The number of nitrogens with two attached hydrogens (primary N) is 1. The fourth-order valence-electron chi connectivity index (χ4n) is 1.92. The molecule has 0 aromatic carbocycles. The first kappa shape index (κ1) is 22.6. The lowest BCUT2D eigenvalue weighted by Crippen LogP contribution is -2.55. The van der Waals surface area contributed by atoms with Gasteiger partial charge in [-0.3, -0.25) is 9.59 Å². The number of hydrogen-bond donors (Lipinski definition) is 3. The third kappa shape index (κ3) is 9.00. The number of rotatable bonds is 9. The highest BCUT2D eigenvalue weighted by atomic mass is 32.2. The van der Waals surface area contributed by atoms with Gasteiger partial charge in [-0.05, 0) is 45.1 Å². The van der Waals surface area contributed by atoms with Crippen LogP contribution in [-0.2, 0) is 14.3 Å². The van der Waals surface area contributed by atoms with Crippen LogP contribution in [0.3, 0.4) is 0 Å². The number of carbonyl (C=O) groups excluding carboxylic acids is 3. The van der Waals surface area contributed by atoms with E-state index in [0.29, 0.717) is 18.6 Å². The largest absolute Gasteiger partial charge is 0.444 e. The van der Waals surface area contributed by atoms with Gasteiger partial charge >= 0.3 is 6.09 Å². The summed E-state index contributed by atoms with van der Waals surface area (Å²) in [6.45, 7) is 9.01. The molecule has 0 aliphatic heterocycles. The Morgan fingerprint density at radius 1 is 1.21 bits per heavy atom. The zero-order valence-electron chi connectivity index (χ0n) is 15.5. The fraction of sp³-hybridized carbons (Fsp3) is 0.812. The first-order valence-corrected chi connectivity index (χ1v) is 9.49. The molecular weight excluding hydrogens is 330 g/mol. The van der Waals surface area contributed by atoms with Crippen LogP contribution in [-0.4, -0.2) is 47.6 Å². The summed E-state index contributed by atoms with van der Waals surface area (Å²) in [5.41, 5.74) is 4.69. The molecule has 0 aromatic rings. The highest BCUT2D eigenvalue weighted by Crippen LogP contribution is 2.12. The van der Waals surface area contributed by atoms with E-state index in [-0.39, 0.29) is 5.92 Å². The topological polar surface area (TPSA) is 111 Å². The van der Waals surface area contributed by atoms with Crippen LogP contribution >= 0.6 is 11.8 Å². The van der Waals surface area contributed by atoms with Crippen LogP contribution < -0.4 is 16.4 Å². The number of carbonyl (C=O) groups is 3. The zero-order valence-corrected chi connectivity index (χ0v) is 16.3. The van der Waals surface area contributed by atoms with E-state index in [1.54, 1.807) is 32.5 Å². The Morgan fingerprint density at radius 2 is 1.79 bits per heavy atom. The van der Waals surface area contributed by atoms with Crippen molar-refractivity contribution >= 4 is 29.7 Å². The molecule has 0 heterocycles. The van der Waals surface area contributed by atoms with Crippen molar-refractivity contribution in [2.45, 2.75) is 65.1 Å². The van der Waals surface area contributed by atoms with E-state index in [9.17, 15) is 14.4 Å². The van der Waals surface area contributed by atoms with Crippen molar-refractivity contribution in [3.05, 3.63) is 0 Å². The smallest absolute Gasteiger partial charge is 0.408 e. The standard InChI is InChI=1S/C16H31N3O4S/c1-7-10(2)12(19-15(22)23-16(3,4)5)14(21)18-11(13(17)20)8-9-24-6/h10-12H,7-9H2,1-6H3,(H2,17,20)(H,18,21)(H,19,22)/t10-,11-,12-/m0/s1. The van der Waals surface area contributed by atoms with Crippen molar-refractivity contribution in [2.24, 2.45) is 11.7 Å². The van der Waals surface area contributed by atoms with Crippen molar-refractivity contribution < 1.29 is 19.1 Å². The van der Waals surface area contributed by atoms with Gasteiger partial charge in [0, 0.05) is 0 Å². The molecule has 0 saturated heterocycles. The average Bonchev–Trinajstić information content (AvgIpc) is 2.45. The van der Waals surface area contributed by atoms with Crippen LogP contribution in [0.4, 0.5) is 4.79 Å². The number of alkyl carbamates (subject to hydrolysis) is 1. The molecule has 0 aliphatic rings. The maximum Gasteiger partial charge on any atom is 0.408 e. The Balaban J connectivity index is 4.99. The molecule has 3 atom stereocenters. The van der Waals surface area contributed by atoms with Crippen LogP contribution in [0.15, 0.2) is 0 Å². The fourth-order valence-corrected chi connectivity index (χ4v) is 2.39. The van der Waals surface area contributed by atoms with Gasteiger partial charge in [-0.15, -0.1) is 0 Å². The summed E-state index contributed by atoms with van der Waals surface area (Å²) < 4.78 is 5.21. The molecule has 24 heavy (non-hydrogen) atoms. The summed E-state index contributed by atoms with van der Waals surface area (Å²) in [6, 6.07) is -1.54. The SMILES string of the molecule is CC[C@H](C)[C@H](NC(=O)OC(C)(C)C)C(=O)N[C@@H](CCSC)C(N)=O. The lowest BCUT2D eigenvalue weighted by atomic mass is 9.98. The summed E-state index contributed by atoms with van der Waals surface area (Å²) in [5.74, 6) is -0.439. The summed E-state index contributed by atoms with van der Waals surface area (Å²) in [4.78, 5) is 36.0. The van der Waals surface area contributed by atoms with Crippen LogP contribution in [0, 0.1) is 5.92 Å². The lowest BCUT2D eigenvalue weighted by molar-refractivity contribution is -0.129. The van der Waals surface area contributed by atoms with Crippen molar-refractivity contribution in [3.8, 4) is 0 Å². The lowest BCUT2D eigenvalue weighted by Gasteiger charge is -2.27. The minimum atomic E-state index is -0.791. The Morgan fingerprint density at radius 3 is 2.21 bits per heavy atom. The number of hydrogen-bond acceptors (Lipinski definition) is 5. The summed E-state index contributed by atoms with van der Waals surface area (Å²) in [7, 11) is 0. The molecule has 0 rings (SSSR count). The van der Waals surface area contributed by atoms with E-state index in [2.05, 4.69) is 10.6 Å². The van der Waals surface area contributed by atoms with E-state index in [1.807, 2.05) is 20.1 Å². The molecule has 0 aliphatic carbocycles. The molecule has 0 fully saturated rings. The van der Waals surface area contributed by atoms with Crippen molar-refractivity contribution in [1.82, 2.24) is 10.6 Å². The Kier molecular flexibility index (Phi) is 9.80. The highest BCUT2D eigenvalue weighted by Gasteiger charge is 2.30. The van der Waals surface area contributed by atoms with Gasteiger partial charge in [0.15, 0.2) is 0 Å². The molecule has 0 unspecified atom stereocenters. The van der Waals surface area contributed by atoms with Gasteiger partial charge in [-0.1, -0.05) is 20.3 Å². The predicted octanol–water partition coefficient (Wildman–Crippen LogP) is 1.65. The zero-order chi connectivity index (χ0) is 18.9. The van der Waals surface area contributed by atoms with Gasteiger partial charge in [0.05, 0.1) is 0 Å². The molecule has 0 saturated carbocycles. The number of nitrogens with one attached hydrogen (secondary N) is 2. The maximum atomic E-state index is 12.5. The second-order valence-corrected chi connectivity index (χ2v) is 7.74. The minimum absolute atomic E-state index is 0.119. The molecule has 0 spiro atoms. The summed E-state index contributed by atoms with van der Waals surface area (Å²) in [5, 5.41) is 5.23. The van der Waals surface area contributed by atoms with E-state index >= 15 is 0 Å². The predicted molar refractivity (Wildman–Crippen MR) is 96.7 cm³/mol. The van der Waals surface area contributed by atoms with Gasteiger partial charge in [0.25, 0.3) is 0 Å². The van der Waals surface area contributed by atoms with Crippen molar-refractivity contribution in [1.29, 1.82) is 0 Å². The second kappa shape index (κ2) is 10.4. The first-order valence-electron chi connectivity index (χ1n) is 8.10. The van der Waals surface area contributed by atoms with Gasteiger partial charge < -0.3 is 21.1 Å². The molecule has 8 heteroatoms. The number of thioether (sulfide) groups is 1. The van der Waals surface area contributed by atoms with Gasteiger partial charge in [-0.25, -0.2) is 4.79 Å². The molecular formula is C16H31N3O4S. The molecule has 0 radical (unpaired) electrons. The van der Waals surface area contributed by atoms with Crippen LogP contribution in [0.5, 0.6) is 0 Å². The van der Waals surface area contributed by atoms with Gasteiger partial charge in [-0.2, -0.15) is 11.8 Å². The van der Waals surface area contributed by atoms with E-state index in [1.165, 1.54) is 0 Å². The maximum absolute atomic E-state index is 12.5. The molecule has 4 N–H and O–H groups in total. The van der Waals surface area contributed by atoms with Gasteiger partial charge in [0.2, 0.25) is 11.8 Å². The average molecular weight is 362 g/mol. The number of ether oxygens (including phenoxy) is 1. The summed E-state index contributed by atoms with van der Waals surface area (Å²) >= 11 is 1.56. The van der Waals surface area contributed by atoms with E-state index in [0.717, 1.165) is 0 Å². The Hall–Kier alpha value is -1.44. The first-order chi connectivity index (χ1) is 11.0. The van der Waals surface area contributed by atoms with Crippen LogP contribution in [0.25, 0.3) is 0 Å². The second-order valence-electron chi connectivity index (χ2n) is 6.75. The molecule has 140 valence electrons.